The number of nitrogens with zero attached hydrogens (tertiary/aromatic N) is 1. The van der Waals surface area contributed by atoms with E-state index in [1.807, 2.05) is 49.2 Å². The van der Waals surface area contributed by atoms with Gasteiger partial charge >= 0.3 is 6.03 Å². The molecule has 0 aliphatic heterocycles. The van der Waals surface area contributed by atoms with Crippen molar-refractivity contribution in [3.8, 4) is 0 Å². The van der Waals surface area contributed by atoms with Gasteiger partial charge in [0.15, 0.2) is 0 Å². The van der Waals surface area contributed by atoms with Crippen LogP contribution in [-0.4, -0.2) is 24.0 Å². The molecule has 3 heteroatoms. The first-order valence-corrected chi connectivity index (χ1v) is 6.68. The fourth-order valence-corrected chi connectivity index (χ4v) is 2.19. The normalized spacial score (nSPS) is 17.9. The van der Waals surface area contributed by atoms with Crippen LogP contribution in [0.3, 0.4) is 0 Å². The second-order valence-corrected chi connectivity index (χ2v) is 5.27. The predicted octanol–water partition coefficient (Wildman–Crippen LogP) is 3.19. The Morgan fingerprint density at radius 2 is 1.89 bits per heavy atom. The lowest BCUT2D eigenvalue weighted by molar-refractivity contribution is 0.185. The maximum atomic E-state index is 12.1. The van der Waals surface area contributed by atoms with Crippen LogP contribution in [-0.2, 0) is 0 Å². The van der Waals surface area contributed by atoms with Gasteiger partial charge in [-0.3, -0.25) is 0 Å². The fourth-order valence-electron chi connectivity index (χ4n) is 2.19. The zero-order chi connectivity index (χ0) is 13.1. The first-order chi connectivity index (χ1) is 8.59. The molecule has 0 aromatic heterocycles. The van der Waals surface area contributed by atoms with Gasteiger partial charge in [0.2, 0.25) is 0 Å². The van der Waals surface area contributed by atoms with Crippen molar-refractivity contribution < 1.29 is 4.79 Å². The summed E-state index contributed by atoms with van der Waals surface area (Å²) < 4.78 is 0. The van der Waals surface area contributed by atoms with Gasteiger partial charge in [-0.1, -0.05) is 30.3 Å². The highest BCUT2D eigenvalue weighted by Crippen LogP contribution is 2.34. The Labute approximate surface area is 109 Å². The van der Waals surface area contributed by atoms with E-state index in [0.717, 1.165) is 5.56 Å². The molecule has 1 aliphatic rings. The second-order valence-electron chi connectivity index (χ2n) is 5.27. The van der Waals surface area contributed by atoms with E-state index in [4.69, 9.17) is 0 Å². The van der Waals surface area contributed by atoms with Gasteiger partial charge in [-0.15, -0.1) is 0 Å². The molecule has 0 bridgehead atoms. The van der Waals surface area contributed by atoms with E-state index in [9.17, 15) is 4.79 Å². The van der Waals surface area contributed by atoms with Crippen LogP contribution in [0, 0.1) is 5.92 Å². The molecule has 0 saturated heterocycles. The summed E-state index contributed by atoms with van der Waals surface area (Å²) in [6.07, 6.45) is 2.51. The van der Waals surface area contributed by atoms with E-state index >= 15 is 0 Å². The number of urea groups is 1. The molecule has 1 N–H and O–H groups in total. The minimum absolute atomic E-state index is 0.0192. The lowest BCUT2D eigenvalue weighted by Gasteiger charge is -2.27. The number of carbonyl (C=O) groups excluding carboxylic acids is 1. The Morgan fingerprint density at radius 3 is 2.44 bits per heavy atom. The van der Waals surface area contributed by atoms with Crippen molar-refractivity contribution >= 4 is 6.03 Å². The summed E-state index contributed by atoms with van der Waals surface area (Å²) in [7, 11) is 1.88. The topological polar surface area (TPSA) is 32.3 Å². The van der Waals surface area contributed by atoms with Crippen LogP contribution >= 0.6 is 0 Å². The summed E-state index contributed by atoms with van der Waals surface area (Å²) in [4.78, 5) is 13.9. The van der Waals surface area contributed by atoms with E-state index in [1.54, 1.807) is 0 Å². The predicted molar refractivity (Wildman–Crippen MR) is 73.3 cm³/mol. The van der Waals surface area contributed by atoms with Crippen LogP contribution < -0.4 is 5.32 Å². The van der Waals surface area contributed by atoms with Gasteiger partial charge in [-0.2, -0.15) is 0 Å². The molecule has 2 atom stereocenters. The van der Waals surface area contributed by atoms with E-state index in [1.165, 1.54) is 12.8 Å². The van der Waals surface area contributed by atoms with Crippen LogP contribution in [0.4, 0.5) is 4.79 Å². The van der Waals surface area contributed by atoms with E-state index in [-0.39, 0.29) is 12.1 Å². The smallest absolute Gasteiger partial charge is 0.317 e. The quantitative estimate of drug-likeness (QED) is 0.869. The van der Waals surface area contributed by atoms with Crippen molar-refractivity contribution in [1.29, 1.82) is 0 Å². The molecule has 0 radical (unpaired) electrons. The molecule has 3 nitrogen and oxygen atoms in total. The molecule has 1 fully saturated rings. The monoisotopic (exact) mass is 246 g/mol. The highest BCUT2D eigenvalue weighted by atomic mass is 16.2. The lowest BCUT2D eigenvalue weighted by atomic mass is 10.1. The van der Waals surface area contributed by atoms with Crippen molar-refractivity contribution in [2.45, 2.75) is 38.8 Å². The molecule has 98 valence electrons. The highest BCUT2D eigenvalue weighted by molar-refractivity contribution is 5.74. The van der Waals surface area contributed by atoms with Crippen LogP contribution in [0.5, 0.6) is 0 Å². The van der Waals surface area contributed by atoms with Crippen LogP contribution in [0.2, 0.25) is 0 Å². The van der Waals surface area contributed by atoms with Crippen LogP contribution in [0.1, 0.15) is 38.3 Å². The summed E-state index contributed by atoms with van der Waals surface area (Å²) >= 11 is 0. The van der Waals surface area contributed by atoms with Crippen molar-refractivity contribution in [1.82, 2.24) is 10.2 Å². The van der Waals surface area contributed by atoms with Crippen molar-refractivity contribution in [2.75, 3.05) is 7.05 Å². The summed E-state index contributed by atoms with van der Waals surface area (Å²) in [5.41, 5.74) is 1.14. The fraction of sp³-hybridized carbons (Fsp3) is 0.533. The molecule has 1 aromatic carbocycles. The molecule has 2 amide bonds. The average molecular weight is 246 g/mol. The Hall–Kier alpha value is -1.51. The Kier molecular flexibility index (Phi) is 3.90. The molecule has 0 spiro atoms. The van der Waals surface area contributed by atoms with Gasteiger partial charge in [0.1, 0.15) is 0 Å². The summed E-state index contributed by atoms with van der Waals surface area (Å²) in [6, 6.07) is 10.5. The molecular weight excluding hydrogens is 224 g/mol. The van der Waals surface area contributed by atoms with Gasteiger partial charge in [0, 0.05) is 13.1 Å². The van der Waals surface area contributed by atoms with E-state index < -0.39 is 0 Å². The number of rotatable bonds is 4. The van der Waals surface area contributed by atoms with Gasteiger partial charge < -0.3 is 10.2 Å². The third-order valence-electron chi connectivity index (χ3n) is 3.88. The molecule has 18 heavy (non-hydrogen) atoms. The molecule has 2 unspecified atom stereocenters. The van der Waals surface area contributed by atoms with Crippen molar-refractivity contribution in [2.24, 2.45) is 5.92 Å². The molecular formula is C15H22N2O. The Balaban J connectivity index is 1.90. The number of carbonyl (C=O) groups is 1. The maximum Gasteiger partial charge on any atom is 0.317 e. The van der Waals surface area contributed by atoms with Crippen LogP contribution in [0.25, 0.3) is 0 Å². The van der Waals surface area contributed by atoms with Gasteiger partial charge in [-0.25, -0.2) is 4.79 Å². The number of hydrogen-bond donors (Lipinski definition) is 1. The average Bonchev–Trinajstić information content (AvgIpc) is 3.22. The van der Waals surface area contributed by atoms with E-state index in [2.05, 4.69) is 12.2 Å². The molecule has 1 aliphatic carbocycles. The Morgan fingerprint density at radius 1 is 1.28 bits per heavy atom. The standard InChI is InChI=1S/C15H22N2O/c1-11(13-7-5-4-6-8-13)16-15(18)17(3)12(2)14-9-10-14/h4-8,11-12,14H,9-10H2,1-3H3,(H,16,18). The third-order valence-corrected chi connectivity index (χ3v) is 3.88. The first kappa shape index (κ1) is 12.9. The number of nitrogens with one attached hydrogen (secondary N) is 1. The molecule has 1 saturated carbocycles. The summed E-state index contributed by atoms with van der Waals surface area (Å²) in [5, 5.41) is 3.05. The van der Waals surface area contributed by atoms with Gasteiger partial charge in [-0.05, 0) is 38.2 Å². The SMILES string of the molecule is CC(NC(=O)N(C)C(C)C1CC1)c1ccccc1. The van der Waals surface area contributed by atoms with E-state index in [0.29, 0.717) is 12.0 Å². The van der Waals surface area contributed by atoms with Crippen molar-refractivity contribution in [3.05, 3.63) is 35.9 Å². The third kappa shape index (κ3) is 3.03. The Bertz CT molecular complexity index is 400. The van der Waals surface area contributed by atoms with Gasteiger partial charge in [0.05, 0.1) is 6.04 Å². The largest absolute Gasteiger partial charge is 0.331 e. The molecule has 2 rings (SSSR count). The summed E-state index contributed by atoms with van der Waals surface area (Å²) in [6.45, 7) is 4.15. The minimum Gasteiger partial charge on any atom is -0.331 e. The zero-order valence-corrected chi connectivity index (χ0v) is 11.4. The minimum atomic E-state index is 0.0192. The maximum absolute atomic E-state index is 12.1. The number of benzene rings is 1. The first-order valence-electron chi connectivity index (χ1n) is 6.68. The van der Waals surface area contributed by atoms with Gasteiger partial charge in [0.25, 0.3) is 0 Å². The molecule has 0 heterocycles. The number of hydrogen-bond acceptors (Lipinski definition) is 1. The second kappa shape index (κ2) is 5.42. The highest BCUT2D eigenvalue weighted by Gasteiger charge is 2.32. The zero-order valence-electron chi connectivity index (χ0n) is 11.4. The lowest BCUT2D eigenvalue weighted by Crippen LogP contribution is -2.44. The number of amides is 2. The molecule has 1 aromatic rings. The summed E-state index contributed by atoms with van der Waals surface area (Å²) in [5.74, 6) is 0.702. The van der Waals surface area contributed by atoms with Crippen LogP contribution in [0.15, 0.2) is 30.3 Å². The van der Waals surface area contributed by atoms with Crippen molar-refractivity contribution in [3.63, 3.8) is 0 Å².